The van der Waals surface area contributed by atoms with Crippen LogP contribution in [0.5, 0.6) is 5.75 Å². The number of anilines is 1. The lowest BCUT2D eigenvalue weighted by Gasteiger charge is -2.16. The summed E-state index contributed by atoms with van der Waals surface area (Å²) < 4.78 is 0.458. The predicted octanol–water partition coefficient (Wildman–Crippen LogP) is 4.15. The second-order valence-electron chi connectivity index (χ2n) is 5.03. The fourth-order valence-corrected chi connectivity index (χ4v) is 2.85. The number of aromatic hydroxyl groups is 1. The molecule has 3 N–H and O–H groups in total. The Hall–Kier alpha value is -2.05. The lowest BCUT2D eigenvalue weighted by atomic mass is 10.2. The van der Waals surface area contributed by atoms with E-state index in [2.05, 4.69) is 31.8 Å². The van der Waals surface area contributed by atoms with Gasteiger partial charge in [0.05, 0.1) is 10.7 Å². The Morgan fingerprint density at radius 2 is 2.08 bits per heavy atom. The van der Waals surface area contributed by atoms with Crippen LogP contribution in [0.2, 0.25) is 5.02 Å². The van der Waals surface area contributed by atoms with E-state index in [1.807, 2.05) is 37.3 Å². The van der Waals surface area contributed by atoms with Crippen LogP contribution in [0.3, 0.4) is 0 Å². The summed E-state index contributed by atoms with van der Waals surface area (Å²) in [5.41, 5.74) is 3.73. The molecule has 2 aromatic carbocycles. The van der Waals surface area contributed by atoms with Gasteiger partial charge in [-0.05, 0) is 46.6 Å². The zero-order valence-corrected chi connectivity index (χ0v) is 15.3. The standard InChI is InChI=1S/C17H17BrClN3O2/c1-2-15(21-13-6-4-3-5-7-13)17(24)22-20-10-11-8-12(19)9-14(18)16(11)23/h3-10,15,21,23H,2H2,1H3,(H,22,24). The van der Waals surface area contributed by atoms with Gasteiger partial charge < -0.3 is 10.4 Å². The van der Waals surface area contributed by atoms with Crippen molar-refractivity contribution in [1.29, 1.82) is 0 Å². The van der Waals surface area contributed by atoms with Gasteiger partial charge in [-0.25, -0.2) is 5.43 Å². The molecule has 0 saturated carbocycles. The SMILES string of the molecule is CCC(Nc1ccccc1)C(=O)NN=Cc1cc(Cl)cc(Br)c1O. The lowest BCUT2D eigenvalue weighted by molar-refractivity contribution is -0.121. The van der Waals surface area contributed by atoms with Gasteiger partial charge in [-0.1, -0.05) is 36.7 Å². The van der Waals surface area contributed by atoms with Crippen molar-refractivity contribution in [2.24, 2.45) is 5.10 Å². The molecule has 24 heavy (non-hydrogen) atoms. The first-order valence-electron chi connectivity index (χ1n) is 7.33. The maximum Gasteiger partial charge on any atom is 0.262 e. The minimum atomic E-state index is -0.413. The Kier molecular flexibility index (Phi) is 6.63. The summed E-state index contributed by atoms with van der Waals surface area (Å²) in [7, 11) is 0. The monoisotopic (exact) mass is 409 g/mol. The normalized spacial score (nSPS) is 12.1. The predicted molar refractivity (Wildman–Crippen MR) is 101 cm³/mol. The number of benzene rings is 2. The minimum absolute atomic E-state index is 0.00634. The van der Waals surface area contributed by atoms with Gasteiger partial charge in [0.1, 0.15) is 11.8 Å². The van der Waals surface area contributed by atoms with E-state index in [0.717, 1.165) is 5.69 Å². The van der Waals surface area contributed by atoms with Crippen LogP contribution in [-0.4, -0.2) is 23.3 Å². The summed E-state index contributed by atoms with van der Waals surface area (Å²) in [6, 6.07) is 12.2. The quantitative estimate of drug-likeness (QED) is 0.495. The van der Waals surface area contributed by atoms with Crippen LogP contribution >= 0.6 is 27.5 Å². The van der Waals surface area contributed by atoms with E-state index in [0.29, 0.717) is 21.5 Å². The smallest absolute Gasteiger partial charge is 0.262 e. The van der Waals surface area contributed by atoms with Crippen molar-refractivity contribution in [2.75, 3.05) is 5.32 Å². The molecule has 1 unspecified atom stereocenters. The van der Waals surface area contributed by atoms with Crippen molar-refractivity contribution < 1.29 is 9.90 Å². The van der Waals surface area contributed by atoms with Crippen molar-refractivity contribution in [3.63, 3.8) is 0 Å². The van der Waals surface area contributed by atoms with Gasteiger partial charge in [-0.15, -0.1) is 0 Å². The average Bonchev–Trinajstić information content (AvgIpc) is 2.57. The molecule has 2 rings (SSSR count). The van der Waals surface area contributed by atoms with Crippen LogP contribution in [0.25, 0.3) is 0 Å². The lowest BCUT2D eigenvalue weighted by Crippen LogP contribution is -2.36. The molecule has 0 heterocycles. The summed E-state index contributed by atoms with van der Waals surface area (Å²) in [5, 5.41) is 17.4. The Bertz CT molecular complexity index is 738. The zero-order chi connectivity index (χ0) is 17.5. The number of amides is 1. The molecule has 7 heteroatoms. The van der Waals surface area contributed by atoms with Crippen molar-refractivity contribution in [1.82, 2.24) is 5.43 Å². The van der Waals surface area contributed by atoms with Gasteiger partial charge in [0.15, 0.2) is 0 Å². The molecule has 0 aliphatic rings. The number of hydrazone groups is 1. The third kappa shape index (κ3) is 4.97. The number of carbonyl (C=O) groups is 1. The molecule has 0 fully saturated rings. The molecule has 5 nitrogen and oxygen atoms in total. The van der Waals surface area contributed by atoms with E-state index in [4.69, 9.17) is 11.6 Å². The second kappa shape index (κ2) is 8.70. The molecular formula is C17H17BrClN3O2. The second-order valence-corrected chi connectivity index (χ2v) is 6.32. The van der Waals surface area contributed by atoms with Gasteiger partial charge in [-0.2, -0.15) is 5.10 Å². The van der Waals surface area contributed by atoms with Gasteiger partial charge >= 0.3 is 0 Å². The Balaban J connectivity index is 2.01. The van der Waals surface area contributed by atoms with Crippen LogP contribution in [0.1, 0.15) is 18.9 Å². The first-order valence-corrected chi connectivity index (χ1v) is 8.51. The Morgan fingerprint density at radius 1 is 1.38 bits per heavy atom. The van der Waals surface area contributed by atoms with E-state index in [1.54, 1.807) is 12.1 Å². The number of nitrogens with zero attached hydrogens (tertiary/aromatic N) is 1. The highest BCUT2D eigenvalue weighted by molar-refractivity contribution is 9.10. The number of para-hydroxylation sites is 1. The van der Waals surface area contributed by atoms with E-state index < -0.39 is 6.04 Å². The molecule has 126 valence electrons. The summed E-state index contributed by atoms with van der Waals surface area (Å²) in [6.07, 6.45) is 1.95. The largest absolute Gasteiger partial charge is 0.506 e. The highest BCUT2D eigenvalue weighted by Gasteiger charge is 2.15. The summed E-state index contributed by atoms with van der Waals surface area (Å²) in [4.78, 5) is 12.2. The van der Waals surface area contributed by atoms with Gasteiger partial charge in [0, 0.05) is 16.3 Å². The summed E-state index contributed by atoms with van der Waals surface area (Å²) in [6.45, 7) is 1.91. The fraction of sp³-hybridized carbons (Fsp3) is 0.176. The number of nitrogens with one attached hydrogen (secondary N) is 2. The van der Waals surface area contributed by atoms with Crippen LogP contribution < -0.4 is 10.7 Å². The molecule has 0 spiro atoms. The third-order valence-corrected chi connectivity index (χ3v) is 4.10. The van der Waals surface area contributed by atoms with Crippen molar-refractivity contribution in [3.05, 3.63) is 57.5 Å². The molecule has 1 atom stereocenters. The highest BCUT2D eigenvalue weighted by Crippen LogP contribution is 2.30. The summed E-state index contributed by atoms with van der Waals surface area (Å²) in [5.74, 6) is -0.259. The van der Waals surface area contributed by atoms with Gasteiger partial charge in [-0.3, -0.25) is 4.79 Å². The van der Waals surface area contributed by atoms with Crippen molar-refractivity contribution >= 4 is 45.3 Å². The topological polar surface area (TPSA) is 73.7 Å². The molecule has 0 aliphatic heterocycles. The van der Waals surface area contributed by atoms with E-state index >= 15 is 0 Å². The fourth-order valence-electron chi connectivity index (χ4n) is 2.02. The molecule has 0 aliphatic carbocycles. The van der Waals surface area contributed by atoms with E-state index in [1.165, 1.54) is 6.21 Å². The van der Waals surface area contributed by atoms with Gasteiger partial charge in [0.2, 0.25) is 0 Å². The Labute approximate surface area is 153 Å². The molecule has 2 aromatic rings. The molecule has 0 saturated heterocycles. The van der Waals surface area contributed by atoms with Gasteiger partial charge in [0.25, 0.3) is 5.91 Å². The minimum Gasteiger partial charge on any atom is -0.506 e. The summed E-state index contributed by atoms with van der Waals surface area (Å²) >= 11 is 9.12. The number of rotatable bonds is 6. The molecular weight excluding hydrogens is 394 g/mol. The van der Waals surface area contributed by atoms with Crippen LogP contribution in [0.15, 0.2) is 52.0 Å². The van der Waals surface area contributed by atoms with Crippen LogP contribution in [0, 0.1) is 0 Å². The average molecular weight is 411 g/mol. The molecule has 0 radical (unpaired) electrons. The number of halogens is 2. The van der Waals surface area contributed by atoms with Crippen molar-refractivity contribution in [2.45, 2.75) is 19.4 Å². The number of hydrogen-bond acceptors (Lipinski definition) is 4. The van der Waals surface area contributed by atoms with E-state index in [-0.39, 0.29) is 11.7 Å². The van der Waals surface area contributed by atoms with E-state index in [9.17, 15) is 9.90 Å². The third-order valence-electron chi connectivity index (χ3n) is 3.28. The van der Waals surface area contributed by atoms with Crippen molar-refractivity contribution in [3.8, 4) is 5.75 Å². The maximum atomic E-state index is 12.2. The Morgan fingerprint density at radius 3 is 2.75 bits per heavy atom. The molecule has 0 aromatic heterocycles. The first kappa shape index (κ1) is 18.3. The van der Waals surface area contributed by atoms with Crippen LogP contribution in [-0.2, 0) is 4.79 Å². The number of phenols is 1. The van der Waals surface area contributed by atoms with Crippen LogP contribution in [0.4, 0.5) is 5.69 Å². The number of carbonyl (C=O) groups excluding carboxylic acids is 1. The zero-order valence-electron chi connectivity index (χ0n) is 13.0. The molecule has 1 amide bonds. The first-order chi connectivity index (χ1) is 11.5. The molecule has 0 bridgehead atoms. The highest BCUT2D eigenvalue weighted by atomic mass is 79.9. The number of hydrogen-bond donors (Lipinski definition) is 3. The maximum absolute atomic E-state index is 12.2. The number of phenolic OH excluding ortho intramolecular Hbond substituents is 1.